The van der Waals surface area contributed by atoms with Gasteiger partial charge in [0.1, 0.15) is 11.8 Å². The van der Waals surface area contributed by atoms with Gasteiger partial charge in [-0.1, -0.05) is 49.4 Å². The molecule has 2 heterocycles. The van der Waals surface area contributed by atoms with Gasteiger partial charge in [0.05, 0.1) is 25.4 Å². The number of nitrogens with one attached hydrogen (secondary N) is 1. The van der Waals surface area contributed by atoms with E-state index in [1.165, 1.54) is 0 Å². The van der Waals surface area contributed by atoms with E-state index >= 15 is 0 Å². The Morgan fingerprint density at radius 2 is 1.77 bits per heavy atom. The Labute approximate surface area is 182 Å². The van der Waals surface area contributed by atoms with Gasteiger partial charge in [-0.05, 0) is 24.1 Å². The molecule has 0 radical (unpaired) electrons. The molecule has 7 nitrogen and oxygen atoms in total. The minimum atomic E-state index is -0.690. The van der Waals surface area contributed by atoms with Gasteiger partial charge < -0.3 is 24.6 Å². The highest BCUT2D eigenvalue weighted by Crippen LogP contribution is 2.39. The highest BCUT2D eigenvalue weighted by Gasteiger charge is 2.39. The SMILES string of the molecule is CCCNC(=O)[C@H]1CN([C@H](C(=O)N2CCOCC2)c2ccccc2)c2ccccc2O1. The first-order chi connectivity index (χ1) is 15.2. The Bertz CT molecular complexity index is 899. The third-order valence-corrected chi connectivity index (χ3v) is 5.63. The van der Waals surface area contributed by atoms with Crippen LogP contribution in [0.15, 0.2) is 54.6 Å². The van der Waals surface area contributed by atoms with Crippen LogP contribution >= 0.6 is 0 Å². The Morgan fingerprint density at radius 3 is 2.52 bits per heavy atom. The van der Waals surface area contributed by atoms with Gasteiger partial charge in [0.15, 0.2) is 6.10 Å². The van der Waals surface area contributed by atoms with Crippen molar-refractivity contribution in [1.82, 2.24) is 10.2 Å². The first-order valence-corrected chi connectivity index (χ1v) is 10.9. The summed E-state index contributed by atoms with van der Waals surface area (Å²) in [6, 6.07) is 16.8. The number of fused-ring (bicyclic) bond motifs is 1. The predicted octanol–water partition coefficient (Wildman–Crippen LogP) is 2.38. The molecule has 0 aliphatic carbocycles. The van der Waals surface area contributed by atoms with E-state index in [1.54, 1.807) is 0 Å². The molecule has 0 saturated carbocycles. The fourth-order valence-corrected chi connectivity index (χ4v) is 4.05. The van der Waals surface area contributed by atoms with E-state index in [0.717, 1.165) is 17.7 Å². The number of carbonyl (C=O) groups is 2. The summed E-state index contributed by atoms with van der Waals surface area (Å²) in [5.41, 5.74) is 1.71. The third-order valence-electron chi connectivity index (χ3n) is 5.63. The number of amides is 2. The van der Waals surface area contributed by atoms with Crippen LogP contribution < -0.4 is 15.0 Å². The molecule has 2 atom stereocenters. The summed E-state index contributed by atoms with van der Waals surface area (Å²) in [4.78, 5) is 30.4. The molecule has 1 fully saturated rings. The Morgan fingerprint density at radius 1 is 1.06 bits per heavy atom. The Hall–Kier alpha value is -3.06. The zero-order valence-electron chi connectivity index (χ0n) is 17.8. The summed E-state index contributed by atoms with van der Waals surface area (Å²) in [7, 11) is 0. The number of carbonyl (C=O) groups excluding carboxylic acids is 2. The van der Waals surface area contributed by atoms with Crippen molar-refractivity contribution in [3.8, 4) is 5.75 Å². The minimum Gasteiger partial charge on any atom is -0.477 e. The lowest BCUT2D eigenvalue weighted by Crippen LogP contribution is -2.54. The van der Waals surface area contributed by atoms with Crippen LogP contribution in [-0.4, -0.2) is 62.2 Å². The summed E-state index contributed by atoms with van der Waals surface area (Å²) < 4.78 is 11.5. The van der Waals surface area contributed by atoms with Gasteiger partial charge in [0.25, 0.3) is 5.91 Å². The average Bonchev–Trinajstić information content (AvgIpc) is 2.83. The van der Waals surface area contributed by atoms with Crippen LogP contribution in [0.4, 0.5) is 5.69 Å². The molecule has 1 N–H and O–H groups in total. The van der Waals surface area contributed by atoms with Crippen LogP contribution in [0.5, 0.6) is 5.75 Å². The van der Waals surface area contributed by atoms with Crippen LogP contribution in [0.2, 0.25) is 0 Å². The van der Waals surface area contributed by atoms with Gasteiger partial charge in [-0.2, -0.15) is 0 Å². The second kappa shape index (κ2) is 9.83. The van der Waals surface area contributed by atoms with Gasteiger partial charge in [0.2, 0.25) is 5.91 Å². The van der Waals surface area contributed by atoms with Gasteiger partial charge in [-0.25, -0.2) is 0 Å². The van der Waals surface area contributed by atoms with Gasteiger partial charge >= 0.3 is 0 Å². The second-order valence-corrected chi connectivity index (χ2v) is 7.77. The molecule has 2 aromatic rings. The molecule has 7 heteroatoms. The number of hydrogen-bond donors (Lipinski definition) is 1. The van der Waals surface area contributed by atoms with Crippen LogP contribution in [0.3, 0.4) is 0 Å². The highest BCUT2D eigenvalue weighted by molar-refractivity contribution is 5.89. The van der Waals surface area contributed by atoms with Crippen LogP contribution in [0.25, 0.3) is 0 Å². The third kappa shape index (κ3) is 4.66. The maximum atomic E-state index is 13.7. The molecule has 1 saturated heterocycles. The first-order valence-electron chi connectivity index (χ1n) is 10.9. The fourth-order valence-electron chi connectivity index (χ4n) is 4.05. The first kappa shape index (κ1) is 21.2. The van der Waals surface area contributed by atoms with Crippen molar-refractivity contribution >= 4 is 17.5 Å². The Balaban J connectivity index is 1.71. The van der Waals surface area contributed by atoms with Crippen LogP contribution in [0.1, 0.15) is 24.9 Å². The topological polar surface area (TPSA) is 71.1 Å². The van der Waals surface area contributed by atoms with Crippen LogP contribution in [-0.2, 0) is 14.3 Å². The molecule has 31 heavy (non-hydrogen) atoms. The number of benzene rings is 2. The average molecular weight is 424 g/mol. The second-order valence-electron chi connectivity index (χ2n) is 7.77. The molecule has 2 aliphatic heterocycles. The van der Waals surface area contributed by atoms with E-state index in [4.69, 9.17) is 9.47 Å². The smallest absolute Gasteiger partial charge is 0.262 e. The number of nitrogens with zero attached hydrogens (tertiary/aromatic N) is 2. The lowest BCUT2D eigenvalue weighted by atomic mass is 10.0. The number of rotatable bonds is 6. The van der Waals surface area contributed by atoms with E-state index in [-0.39, 0.29) is 11.8 Å². The summed E-state index contributed by atoms with van der Waals surface area (Å²) in [5.74, 6) is 0.465. The van der Waals surface area contributed by atoms with Gasteiger partial charge in [-0.15, -0.1) is 0 Å². The lowest BCUT2D eigenvalue weighted by molar-refractivity contribution is -0.137. The summed E-state index contributed by atoms with van der Waals surface area (Å²) in [6.07, 6.45) is 0.158. The normalized spacial score (nSPS) is 19.2. The summed E-state index contributed by atoms with van der Waals surface area (Å²) >= 11 is 0. The summed E-state index contributed by atoms with van der Waals surface area (Å²) in [5, 5.41) is 2.92. The van der Waals surface area contributed by atoms with E-state index in [1.807, 2.05) is 71.3 Å². The van der Waals surface area contributed by atoms with E-state index in [0.29, 0.717) is 45.1 Å². The minimum absolute atomic E-state index is 0.0129. The van der Waals surface area contributed by atoms with Crippen molar-refractivity contribution in [1.29, 1.82) is 0 Å². The number of para-hydroxylation sites is 2. The van der Waals surface area contributed by atoms with E-state index < -0.39 is 12.1 Å². The standard InChI is InChI=1S/C24H29N3O4/c1-2-12-25-23(28)21-17-27(19-10-6-7-11-20(19)31-21)22(18-8-4-3-5-9-18)24(29)26-13-15-30-16-14-26/h3-11,21-22H,2,12-17H2,1H3,(H,25,28)/t21-,22+/m1/s1. The van der Waals surface area contributed by atoms with Crippen molar-refractivity contribution in [2.75, 3.05) is 44.3 Å². The molecule has 0 unspecified atom stereocenters. The van der Waals surface area contributed by atoms with E-state index in [9.17, 15) is 9.59 Å². The molecule has 0 spiro atoms. The zero-order valence-corrected chi connectivity index (χ0v) is 17.8. The maximum absolute atomic E-state index is 13.7. The number of hydrogen-bond acceptors (Lipinski definition) is 5. The molecule has 2 aromatic carbocycles. The predicted molar refractivity (Wildman–Crippen MR) is 118 cm³/mol. The quantitative estimate of drug-likeness (QED) is 0.773. The largest absolute Gasteiger partial charge is 0.477 e. The number of anilines is 1. The molecular formula is C24H29N3O4. The van der Waals surface area contributed by atoms with Gasteiger partial charge in [-0.3, -0.25) is 9.59 Å². The van der Waals surface area contributed by atoms with Crippen molar-refractivity contribution < 1.29 is 19.1 Å². The molecule has 0 bridgehead atoms. The maximum Gasteiger partial charge on any atom is 0.262 e. The molecule has 4 rings (SSSR count). The zero-order chi connectivity index (χ0) is 21.6. The van der Waals surface area contributed by atoms with Crippen molar-refractivity contribution in [3.63, 3.8) is 0 Å². The molecule has 2 aliphatic rings. The molecular weight excluding hydrogens is 394 g/mol. The van der Waals surface area contributed by atoms with Crippen molar-refractivity contribution in [3.05, 3.63) is 60.2 Å². The monoisotopic (exact) mass is 423 g/mol. The summed E-state index contributed by atoms with van der Waals surface area (Å²) in [6.45, 7) is 5.10. The highest BCUT2D eigenvalue weighted by atomic mass is 16.5. The molecule has 164 valence electrons. The van der Waals surface area contributed by atoms with Crippen LogP contribution in [0, 0.1) is 0 Å². The van der Waals surface area contributed by atoms with Crippen molar-refractivity contribution in [2.24, 2.45) is 0 Å². The number of ether oxygens (including phenoxy) is 2. The van der Waals surface area contributed by atoms with Gasteiger partial charge in [0, 0.05) is 19.6 Å². The lowest BCUT2D eigenvalue weighted by Gasteiger charge is -2.42. The molecule has 2 amide bonds. The Kier molecular flexibility index (Phi) is 6.72. The molecule has 0 aromatic heterocycles. The number of morpholine rings is 1. The van der Waals surface area contributed by atoms with Crippen molar-refractivity contribution in [2.45, 2.75) is 25.5 Å². The van der Waals surface area contributed by atoms with E-state index in [2.05, 4.69) is 5.32 Å². The fraction of sp³-hybridized carbons (Fsp3) is 0.417.